The molecule has 0 saturated heterocycles. The van der Waals surface area contributed by atoms with Gasteiger partial charge in [-0.05, 0) is 20.8 Å². The highest BCUT2D eigenvalue weighted by Gasteiger charge is 2.09. The minimum absolute atomic E-state index is 0.807. The number of rotatable bonds is 0. The van der Waals surface area contributed by atoms with E-state index in [2.05, 4.69) is 15.1 Å². The summed E-state index contributed by atoms with van der Waals surface area (Å²) in [5.74, 6) is 0.807. The van der Waals surface area contributed by atoms with Crippen molar-refractivity contribution in [1.82, 2.24) is 19.7 Å². The fourth-order valence-corrected chi connectivity index (χ4v) is 1.67. The highest BCUT2D eigenvalue weighted by Crippen LogP contribution is 2.17. The normalized spacial score (nSPS) is 11.1. The summed E-state index contributed by atoms with van der Waals surface area (Å²) in [4.78, 5) is 8.67. The quantitative estimate of drug-likeness (QED) is 0.607. The van der Waals surface area contributed by atoms with Crippen molar-refractivity contribution in [2.45, 2.75) is 20.8 Å². The Bertz CT molecular complexity index is 470. The van der Waals surface area contributed by atoms with Gasteiger partial charge in [-0.15, -0.1) is 0 Å². The Balaban J connectivity index is 2.97. The summed E-state index contributed by atoms with van der Waals surface area (Å²) in [5.41, 5.74) is 3.95. The molecule has 0 aromatic carbocycles. The van der Waals surface area contributed by atoms with E-state index in [1.54, 1.807) is 0 Å². The second-order valence-corrected chi connectivity index (χ2v) is 3.26. The van der Waals surface area contributed by atoms with E-state index in [0.29, 0.717) is 0 Å². The molecule has 0 unspecified atom stereocenters. The number of nitrogens with zero attached hydrogens (tertiary/aromatic N) is 4. The van der Waals surface area contributed by atoms with E-state index in [9.17, 15) is 0 Å². The minimum Gasteiger partial charge on any atom is -0.264 e. The van der Waals surface area contributed by atoms with E-state index in [0.717, 1.165) is 28.2 Å². The van der Waals surface area contributed by atoms with Gasteiger partial charge < -0.3 is 0 Å². The molecule has 0 bridgehead atoms. The Morgan fingerprint density at radius 3 is 2.38 bits per heavy atom. The van der Waals surface area contributed by atoms with E-state index < -0.39 is 0 Å². The lowest BCUT2D eigenvalue weighted by molar-refractivity contribution is 0.778. The van der Waals surface area contributed by atoms with Gasteiger partial charge in [-0.2, -0.15) is 5.10 Å². The van der Waals surface area contributed by atoms with E-state index in [1.165, 1.54) is 0 Å². The average Bonchev–Trinajstić information content (AvgIpc) is 2.27. The highest BCUT2D eigenvalue weighted by molar-refractivity contribution is 5.79. The first-order chi connectivity index (χ1) is 6.09. The van der Waals surface area contributed by atoms with Crippen molar-refractivity contribution < 1.29 is 0 Å². The standard InChI is InChI=1S/C9H12N4/c1-5-8-9(13(4)12-5)6(2)10-7(3)11-8/h1-4H3. The molecule has 0 saturated carbocycles. The second-order valence-electron chi connectivity index (χ2n) is 3.26. The van der Waals surface area contributed by atoms with Crippen LogP contribution in [0, 0.1) is 20.8 Å². The third-order valence-electron chi connectivity index (χ3n) is 2.14. The minimum atomic E-state index is 0.807. The van der Waals surface area contributed by atoms with E-state index >= 15 is 0 Å². The number of hydrogen-bond donors (Lipinski definition) is 0. The summed E-state index contributed by atoms with van der Waals surface area (Å²) in [6.07, 6.45) is 0. The summed E-state index contributed by atoms with van der Waals surface area (Å²) in [6.45, 7) is 5.85. The van der Waals surface area contributed by atoms with Crippen LogP contribution in [0.4, 0.5) is 0 Å². The van der Waals surface area contributed by atoms with Crippen LogP contribution < -0.4 is 0 Å². The van der Waals surface area contributed by atoms with Crippen LogP contribution >= 0.6 is 0 Å². The molecule has 2 aromatic rings. The molecule has 0 atom stereocenters. The third kappa shape index (κ3) is 1.09. The molecule has 2 aromatic heterocycles. The average molecular weight is 176 g/mol. The number of aromatic nitrogens is 4. The van der Waals surface area contributed by atoms with Gasteiger partial charge in [0.1, 0.15) is 16.9 Å². The van der Waals surface area contributed by atoms with Crippen molar-refractivity contribution >= 4 is 11.0 Å². The Morgan fingerprint density at radius 2 is 1.69 bits per heavy atom. The Hall–Kier alpha value is -1.45. The van der Waals surface area contributed by atoms with Crippen LogP contribution in [0.3, 0.4) is 0 Å². The van der Waals surface area contributed by atoms with Gasteiger partial charge >= 0.3 is 0 Å². The first-order valence-corrected chi connectivity index (χ1v) is 4.24. The summed E-state index contributed by atoms with van der Waals surface area (Å²) >= 11 is 0. The van der Waals surface area contributed by atoms with Gasteiger partial charge in [0.05, 0.1) is 11.4 Å². The van der Waals surface area contributed by atoms with Gasteiger partial charge in [0.25, 0.3) is 0 Å². The summed E-state index contributed by atoms with van der Waals surface area (Å²) < 4.78 is 1.83. The second kappa shape index (κ2) is 2.52. The fraction of sp³-hybridized carbons (Fsp3) is 0.444. The predicted molar refractivity (Wildman–Crippen MR) is 50.5 cm³/mol. The SMILES string of the molecule is Cc1nc(C)c2c(n1)c(C)nn2C. The molecule has 0 aliphatic rings. The highest BCUT2D eigenvalue weighted by atomic mass is 15.3. The van der Waals surface area contributed by atoms with Crippen molar-refractivity contribution in [2.24, 2.45) is 7.05 Å². The van der Waals surface area contributed by atoms with Crippen molar-refractivity contribution in [2.75, 3.05) is 0 Å². The number of fused-ring (bicyclic) bond motifs is 1. The van der Waals surface area contributed by atoms with E-state index in [1.807, 2.05) is 32.5 Å². The Kier molecular flexibility index (Phi) is 1.58. The third-order valence-corrected chi connectivity index (χ3v) is 2.14. The van der Waals surface area contributed by atoms with E-state index in [4.69, 9.17) is 0 Å². The molecule has 0 amide bonds. The Labute approximate surface area is 76.6 Å². The molecule has 13 heavy (non-hydrogen) atoms. The van der Waals surface area contributed by atoms with Crippen LogP contribution in [0.2, 0.25) is 0 Å². The topological polar surface area (TPSA) is 43.6 Å². The van der Waals surface area contributed by atoms with Crippen LogP contribution in [0.5, 0.6) is 0 Å². The molecule has 0 fully saturated rings. The molecule has 0 aliphatic heterocycles. The lowest BCUT2D eigenvalue weighted by Crippen LogP contribution is -1.96. The van der Waals surface area contributed by atoms with Gasteiger partial charge in [0.15, 0.2) is 0 Å². The van der Waals surface area contributed by atoms with Gasteiger partial charge in [-0.1, -0.05) is 0 Å². The smallest absolute Gasteiger partial charge is 0.126 e. The molecular formula is C9H12N4. The van der Waals surface area contributed by atoms with Crippen LogP contribution in [0.25, 0.3) is 11.0 Å². The lowest BCUT2D eigenvalue weighted by atomic mass is 10.3. The lowest BCUT2D eigenvalue weighted by Gasteiger charge is -1.98. The zero-order valence-corrected chi connectivity index (χ0v) is 8.29. The van der Waals surface area contributed by atoms with Crippen molar-refractivity contribution in [3.63, 3.8) is 0 Å². The monoisotopic (exact) mass is 176 g/mol. The molecule has 68 valence electrons. The molecule has 0 aliphatic carbocycles. The van der Waals surface area contributed by atoms with Crippen LogP contribution in [0.1, 0.15) is 17.2 Å². The van der Waals surface area contributed by atoms with Crippen molar-refractivity contribution in [3.05, 3.63) is 17.2 Å². The largest absolute Gasteiger partial charge is 0.264 e. The maximum atomic E-state index is 4.36. The van der Waals surface area contributed by atoms with Crippen molar-refractivity contribution in [3.8, 4) is 0 Å². The first kappa shape index (κ1) is 8.16. The summed E-state index contributed by atoms with van der Waals surface area (Å²) in [5, 5.41) is 4.31. The zero-order valence-electron chi connectivity index (χ0n) is 8.29. The number of hydrogen-bond acceptors (Lipinski definition) is 3. The van der Waals surface area contributed by atoms with Gasteiger partial charge in [0, 0.05) is 7.05 Å². The molecule has 0 radical (unpaired) electrons. The molecule has 4 nitrogen and oxygen atoms in total. The van der Waals surface area contributed by atoms with Crippen LogP contribution in [-0.2, 0) is 7.05 Å². The summed E-state index contributed by atoms with van der Waals surface area (Å²) in [7, 11) is 1.92. The predicted octanol–water partition coefficient (Wildman–Crippen LogP) is 1.29. The van der Waals surface area contributed by atoms with Gasteiger partial charge in [-0.25, -0.2) is 9.97 Å². The maximum absolute atomic E-state index is 4.36. The van der Waals surface area contributed by atoms with Gasteiger partial charge in [-0.3, -0.25) is 4.68 Å². The fourth-order valence-electron chi connectivity index (χ4n) is 1.67. The number of aryl methyl sites for hydroxylation is 4. The molecule has 4 heteroatoms. The maximum Gasteiger partial charge on any atom is 0.126 e. The molecule has 2 heterocycles. The Morgan fingerprint density at radius 1 is 1.00 bits per heavy atom. The molecular weight excluding hydrogens is 164 g/mol. The molecule has 2 rings (SSSR count). The summed E-state index contributed by atoms with van der Waals surface area (Å²) in [6, 6.07) is 0. The van der Waals surface area contributed by atoms with Crippen LogP contribution in [0.15, 0.2) is 0 Å². The van der Waals surface area contributed by atoms with Crippen molar-refractivity contribution in [1.29, 1.82) is 0 Å². The molecule has 0 spiro atoms. The van der Waals surface area contributed by atoms with Crippen LogP contribution in [-0.4, -0.2) is 19.7 Å². The zero-order chi connectivity index (χ0) is 9.59. The molecule has 0 N–H and O–H groups in total. The first-order valence-electron chi connectivity index (χ1n) is 4.24. The van der Waals surface area contributed by atoms with E-state index in [-0.39, 0.29) is 0 Å². The van der Waals surface area contributed by atoms with Gasteiger partial charge in [0.2, 0.25) is 0 Å².